The lowest BCUT2D eigenvalue weighted by molar-refractivity contribution is 0.100. The van der Waals surface area contributed by atoms with Gasteiger partial charge in [-0.25, -0.2) is 15.0 Å². The molecule has 5 aromatic heterocycles. The van der Waals surface area contributed by atoms with Gasteiger partial charge >= 0.3 is 0 Å². The van der Waals surface area contributed by atoms with Crippen LogP contribution in [0.5, 0.6) is 0 Å². The van der Waals surface area contributed by atoms with Crippen LogP contribution in [-0.4, -0.2) is 52.0 Å². The minimum atomic E-state index is -0.459. The number of H-pyrrole nitrogens is 1. The lowest BCUT2D eigenvalue weighted by Gasteiger charge is -2.21. The number of amides is 1. The second kappa shape index (κ2) is 10.9. The molecule has 4 aliphatic rings. The number of fused-ring (bicyclic) bond motifs is 8. The fraction of sp³-hybridized carbons (Fsp3) is 0.514. The number of aromatic nitrogens is 4. The molecule has 246 valence electrons. The van der Waals surface area contributed by atoms with Gasteiger partial charge in [-0.2, -0.15) is 0 Å². The number of carbonyl (C=O) groups excluding carboxylic acids is 1. The van der Waals surface area contributed by atoms with E-state index in [1.807, 2.05) is 0 Å². The number of carbonyl (C=O) groups is 1. The van der Waals surface area contributed by atoms with Crippen LogP contribution in [0.4, 0.5) is 17.3 Å². The number of nitrogens with two attached hydrogens (primary N) is 2. The van der Waals surface area contributed by atoms with E-state index in [0.717, 1.165) is 89.4 Å². The van der Waals surface area contributed by atoms with Crippen molar-refractivity contribution >= 4 is 76.6 Å². The second-order valence-electron chi connectivity index (χ2n) is 15.3. The Bertz CT molecular complexity index is 2150. The maximum absolute atomic E-state index is 12.2. The van der Waals surface area contributed by atoms with Crippen molar-refractivity contribution in [3.05, 3.63) is 43.8 Å². The first-order valence-electron chi connectivity index (χ1n) is 16.8. The summed E-state index contributed by atoms with van der Waals surface area (Å²) in [4.78, 5) is 48.1. The molecule has 0 unspecified atom stereocenters. The van der Waals surface area contributed by atoms with Crippen LogP contribution in [0.15, 0.2) is 11.1 Å². The van der Waals surface area contributed by atoms with Gasteiger partial charge in [-0.05, 0) is 84.5 Å². The van der Waals surface area contributed by atoms with Crippen molar-refractivity contribution in [1.29, 1.82) is 0 Å². The zero-order valence-electron chi connectivity index (χ0n) is 27.6. The first-order valence-corrected chi connectivity index (χ1v) is 18.4. The smallest absolute Gasteiger partial charge is 0.268 e. The highest BCUT2D eigenvalue weighted by Gasteiger charge is 2.37. The number of nitrogens with one attached hydrogen (secondary N) is 1. The molecule has 2 saturated heterocycles. The summed E-state index contributed by atoms with van der Waals surface area (Å²) in [5.41, 5.74) is 18.8. The minimum absolute atomic E-state index is 0.0586. The largest absolute Gasteiger partial charge is 0.397 e. The number of hydrogen-bond donors (Lipinski definition) is 3. The highest BCUT2D eigenvalue weighted by atomic mass is 32.1. The van der Waals surface area contributed by atoms with Crippen molar-refractivity contribution < 1.29 is 4.79 Å². The van der Waals surface area contributed by atoms with Crippen LogP contribution < -0.4 is 26.8 Å². The highest BCUT2D eigenvalue weighted by Crippen LogP contribution is 2.49. The van der Waals surface area contributed by atoms with Gasteiger partial charge in [-0.3, -0.25) is 9.59 Å². The molecule has 1 amide bonds. The Kier molecular flexibility index (Phi) is 7.07. The maximum atomic E-state index is 12.2. The molecule has 9 rings (SSSR count). The van der Waals surface area contributed by atoms with E-state index in [9.17, 15) is 9.59 Å². The van der Waals surface area contributed by atoms with Gasteiger partial charge < -0.3 is 26.3 Å². The number of aromatic amines is 1. The molecule has 2 fully saturated rings. The molecule has 0 spiro atoms. The predicted octanol–water partition coefficient (Wildman–Crippen LogP) is 5.96. The number of primary amides is 1. The van der Waals surface area contributed by atoms with Crippen LogP contribution in [0, 0.1) is 10.8 Å². The molecule has 5 N–H and O–H groups in total. The third-order valence-corrected chi connectivity index (χ3v) is 12.5. The summed E-state index contributed by atoms with van der Waals surface area (Å²) in [6, 6.07) is 0. The number of hydrogen-bond acceptors (Lipinski definition) is 10. The van der Waals surface area contributed by atoms with Gasteiger partial charge in [0.15, 0.2) is 0 Å². The molecule has 2 aliphatic heterocycles. The Morgan fingerprint density at radius 3 is 1.81 bits per heavy atom. The van der Waals surface area contributed by atoms with Crippen LogP contribution in [0.1, 0.15) is 85.3 Å². The Morgan fingerprint density at radius 1 is 0.787 bits per heavy atom. The third-order valence-electron chi connectivity index (χ3n) is 10.3. The standard InChI is InChI=1S/C18H20N4OS.C17H22N4OS/c1-18(2)7-10-11(8-18)15(22-5-3-4-6-22)21-17-12(10)13-14(24-17)16(23)20-9-19-13;1-17(2)7-9-10(8-17)15(21-5-3-4-6-21)20-16-11(9)12(18)13(23-16)14(19)22/h9H,3-8H2,1-2H3,(H,19,20,23);3-8,18H2,1-2H3,(H2,19,22). The van der Waals surface area contributed by atoms with E-state index >= 15 is 0 Å². The molecule has 7 heterocycles. The average molecular weight is 671 g/mol. The summed E-state index contributed by atoms with van der Waals surface area (Å²) in [5, 5.41) is 2.08. The summed E-state index contributed by atoms with van der Waals surface area (Å²) in [6.07, 6.45) is 10.5. The summed E-state index contributed by atoms with van der Waals surface area (Å²) < 4.78 is 0.700. The van der Waals surface area contributed by atoms with Crippen LogP contribution in [0.25, 0.3) is 30.6 Å². The van der Waals surface area contributed by atoms with Gasteiger partial charge in [0.05, 0.1) is 17.5 Å². The van der Waals surface area contributed by atoms with Crippen molar-refractivity contribution in [3.63, 3.8) is 0 Å². The van der Waals surface area contributed by atoms with Gasteiger partial charge in [0.2, 0.25) is 0 Å². The molecule has 0 aromatic carbocycles. The van der Waals surface area contributed by atoms with E-state index in [1.165, 1.54) is 76.9 Å². The predicted molar refractivity (Wildman–Crippen MR) is 193 cm³/mol. The van der Waals surface area contributed by atoms with Crippen LogP contribution in [0.2, 0.25) is 0 Å². The normalized spacial score (nSPS) is 19.5. The minimum Gasteiger partial charge on any atom is -0.397 e. The highest BCUT2D eigenvalue weighted by molar-refractivity contribution is 7.25. The van der Waals surface area contributed by atoms with Crippen LogP contribution in [-0.2, 0) is 25.7 Å². The molecule has 12 heteroatoms. The third kappa shape index (κ3) is 5.06. The number of nitrogens with zero attached hydrogens (tertiary/aromatic N) is 5. The molecule has 2 aliphatic carbocycles. The number of anilines is 3. The monoisotopic (exact) mass is 670 g/mol. The van der Waals surface area contributed by atoms with Crippen LogP contribution in [0.3, 0.4) is 0 Å². The van der Waals surface area contributed by atoms with Crippen molar-refractivity contribution in [2.75, 3.05) is 41.7 Å². The first kappa shape index (κ1) is 30.6. The van der Waals surface area contributed by atoms with E-state index in [4.69, 9.17) is 21.4 Å². The molecule has 0 radical (unpaired) electrons. The Hall–Kier alpha value is -3.77. The van der Waals surface area contributed by atoms with E-state index in [2.05, 4.69) is 47.5 Å². The fourth-order valence-corrected chi connectivity index (χ4v) is 10.3. The Balaban J connectivity index is 0.000000138. The zero-order valence-corrected chi connectivity index (χ0v) is 29.2. The molecular formula is C35H42N8O2S2. The van der Waals surface area contributed by atoms with Crippen molar-refractivity contribution in [3.8, 4) is 0 Å². The van der Waals surface area contributed by atoms with Crippen molar-refractivity contribution in [2.45, 2.75) is 79.1 Å². The average Bonchev–Trinajstić information content (AvgIpc) is 3.84. The molecule has 0 bridgehead atoms. The molecule has 0 saturated carbocycles. The van der Waals surface area contributed by atoms with E-state index in [1.54, 1.807) is 0 Å². The summed E-state index contributed by atoms with van der Waals surface area (Å²) >= 11 is 2.82. The molecule has 0 atom stereocenters. The second-order valence-corrected chi connectivity index (χ2v) is 17.3. The lowest BCUT2D eigenvalue weighted by Crippen LogP contribution is -2.21. The van der Waals surface area contributed by atoms with Gasteiger partial charge in [0.1, 0.15) is 30.9 Å². The van der Waals surface area contributed by atoms with Gasteiger partial charge in [0.25, 0.3) is 11.5 Å². The zero-order chi connectivity index (χ0) is 32.8. The van der Waals surface area contributed by atoms with Crippen LogP contribution >= 0.6 is 22.7 Å². The quantitative estimate of drug-likeness (QED) is 0.213. The topological polar surface area (TPSA) is 147 Å². The van der Waals surface area contributed by atoms with E-state index < -0.39 is 5.91 Å². The lowest BCUT2D eigenvalue weighted by atomic mass is 9.90. The Labute approximate surface area is 281 Å². The number of nitrogen functional groups attached to an aromatic ring is 1. The summed E-state index contributed by atoms with van der Waals surface area (Å²) in [7, 11) is 0. The first-order chi connectivity index (χ1) is 22.4. The fourth-order valence-electron chi connectivity index (χ4n) is 8.33. The Morgan fingerprint density at radius 2 is 1.28 bits per heavy atom. The molecular weight excluding hydrogens is 629 g/mol. The SMILES string of the molecule is CC1(C)Cc2c(N3CCCC3)nc3sc(C(N)=O)c(N)c3c2C1.CC1(C)Cc2c(N3CCCC3)nc3sc4c(=O)[nH]cnc4c3c2C1. The van der Waals surface area contributed by atoms with E-state index in [0.29, 0.717) is 15.3 Å². The summed E-state index contributed by atoms with van der Waals surface area (Å²) in [6.45, 7) is 13.5. The van der Waals surface area contributed by atoms with Crippen molar-refractivity contribution in [1.82, 2.24) is 19.9 Å². The number of rotatable bonds is 3. The molecule has 10 nitrogen and oxygen atoms in total. The van der Waals surface area contributed by atoms with Gasteiger partial charge in [-0.15, -0.1) is 22.7 Å². The number of thiophene rings is 2. The molecule has 47 heavy (non-hydrogen) atoms. The number of pyridine rings is 2. The van der Waals surface area contributed by atoms with E-state index in [-0.39, 0.29) is 16.4 Å². The summed E-state index contributed by atoms with van der Waals surface area (Å²) in [5.74, 6) is 1.80. The van der Waals surface area contributed by atoms with Crippen molar-refractivity contribution in [2.24, 2.45) is 16.6 Å². The maximum Gasteiger partial charge on any atom is 0.268 e. The van der Waals surface area contributed by atoms with Gasteiger partial charge in [0, 0.05) is 37.0 Å². The van der Waals surface area contributed by atoms with Gasteiger partial charge in [-0.1, -0.05) is 27.7 Å². The molecule has 5 aromatic rings.